The van der Waals surface area contributed by atoms with Crippen molar-refractivity contribution in [3.63, 3.8) is 0 Å². The molecule has 0 atom stereocenters. The Morgan fingerprint density at radius 2 is 1.76 bits per heavy atom. The lowest BCUT2D eigenvalue weighted by molar-refractivity contribution is 0.723. The molecule has 124 valence electrons. The lowest BCUT2D eigenvalue weighted by atomic mass is 10.1. The van der Waals surface area contributed by atoms with Crippen LogP contribution in [0.3, 0.4) is 0 Å². The van der Waals surface area contributed by atoms with Crippen molar-refractivity contribution in [1.82, 2.24) is 8.52 Å². The van der Waals surface area contributed by atoms with Crippen LogP contribution in [-0.2, 0) is 6.50 Å². The first-order chi connectivity index (χ1) is 15.0. The predicted molar refractivity (Wildman–Crippen MR) is 102 cm³/mol. The Morgan fingerprint density at radius 3 is 2.52 bits per heavy atom. The highest BCUT2D eigenvalue weighted by atomic mass is 35.5. The molecule has 6 heteroatoms. The number of hydrogen-bond acceptors (Lipinski definition) is 3. The van der Waals surface area contributed by atoms with Gasteiger partial charge in [0, 0.05) is 27.3 Å². The number of aromatic nitrogens is 2. The molecule has 4 aromatic rings. The normalized spacial score (nSPS) is 15.6. The molecule has 0 N–H and O–H groups in total. The summed E-state index contributed by atoms with van der Waals surface area (Å²) in [5.74, 6) is 0. The van der Waals surface area contributed by atoms with E-state index in [1.165, 1.54) is 6.07 Å². The van der Waals surface area contributed by atoms with E-state index >= 15 is 0 Å². The Morgan fingerprint density at radius 1 is 1.04 bits per heavy atom. The molecule has 3 aromatic carbocycles. The standard InChI is InChI=1S/C19H13ClN2O2S/c20-16-10-11-17(15-9-5-4-8-14(15)16)22-18(23)21(19(24)25-22)12-13-6-2-1-3-7-13/h1-11H,12H2/i1D,2D,3D,6D,7D,12D2. The van der Waals surface area contributed by atoms with Crippen molar-refractivity contribution in [2.24, 2.45) is 0 Å². The number of fused-ring (bicyclic) bond motifs is 1. The fourth-order valence-electron chi connectivity index (χ4n) is 2.41. The maximum absolute atomic E-state index is 13.2. The quantitative estimate of drug-likeness (QED) is 0.544. The van der Waals surface area contributed by atoms with Gasteiger partial charge in [-0.25, -0.2) is 13.3 Å². The maximum atomic E-state index is 13.2. The fourth-order valence-corrected chi connectivity index (χ4v) is 3.42. The first kappa shape index (κ1) is 9.75. The molecule has 0 saturated heterocycles. The Balaban J connectivity index is 2.02. The summed E-state index contributed by atoms with van der Waals surface area (Å²) in [5, 5.41) is 1.61. The monoisotopic (exact) mass is 375 g/mol. The molecule has 4 rings (SSSR count). The third-order valence-corrected chi connectivity index (χ3v) is 4.71. The van der Waals surface area contributed by atoms with Gasteiger partial charge in [0.25, 0.3) is 0 Å². The summed E-state index contributed by atoms with van der Waals surface area (Å²) >= 11 is 6.65. The van der Waals surface area contributed by atoms with Crippen molar-refractivity contribution in [3.8, 4) is 5.69 Å². The van der Waals surface area contributed by atoms with Crippen molar-refractivity contribution < 1.29 is 9.60 Å². The van der Waals surface area contributed by atoms with Crippen LogP contribution in [0.5, 0.6) is 0 Å². The van der Waals surface area contributed by atoms with Crippen molar-refractivity contribution in [2.75, 3.05) is 0 Å². The van der Waals surface area contributed by atoms with Crippen LogP contribution in [0, 0.1) is 0 Å². The van der Waals surface area contributed by atoms with Gasteiger partial charge < -0.3 is 0 Å². The van der Waals surface area contributed by atoms with Crippen LogP contribution in [0.4, 0.5) is 0 Å². The number of rotatable bonds is 3. The van der Waals surface area contributed by atoms with Crippen LogP contribution in [0.25, 0.3) is 16.5 Å². The summed E-state index contributed by atoms with van der Waals surface area (Å²) in [4.78, 5) is 25.0. The lowest BCUT2D eigenvalue weighted by Crippen LogP contribution is -2.28. The van der Waals surface area contributed by atoms with Gasteiger partial charge in [0.2, 0.25) is 0 Å². The zero-order chi connectivity index (χ0) is 23.5. The van der Waals surface area contributed by atoms with Gasteiger partial charge in [-0.05, 0) is 17.7 Å². The van der Waals surface area contributed by atoms with E-state index in [0.717, 1.165) is 3.96 Å². The molecule has 0 radical (unpaired) electrons. The second-order valence-corrected chi connectivity index (χ2v) is 6.30. The van der Waals surface area contributed by atoms with E-state index in [4.69, 9.17) is 21.2 Å². The molecule has 0 aliphatic rings. The van der Waals surface area contributed by atoms with Gasteiger partial charge in [0.05, 0.1) is 21.8 Å². The average molecular weight is 376 g/mol. The van der Waals surface area contributed by atoms with Crippen LogP contribution in [0.2, 0.25) is 5.02 Å². The first-order valence-corrected chi connectivity index (χ1v) is 8.24. The van der Waals surface area contributed by atoms with Gasteiger partial charge in [-0.2, -0.15) is 0 Å². The van der Waals surface area contributed by atoms with Gasteiger partial charge in [0.1, 0.15) is 0 Å². The smallest absolute Gasteiger partial charge is 0.255 e. The minimum atomic E-state index is -3.01. The van der Waals surface area contributed by atoms with E-state index in [1.54, 1.807) is 30.3 Å². The summed E-state index contributed by atoms with van der Waals surface area (Å²) in [6, 6.07) is 6.07. The van der Waals surface area contributed by atoms with Crippen molar-refractivity contribution >= 4 is 33.9 Å². The largest absolute Gasteiger partial charge is 0.346 e. The van der Waals surface area contributed by atoms with E-state index in [-0.39, 0.29) is 4.57 Å². The summed E-state index contributed by atoms with van der Waals surface area (Å²) < 4.78 is 57.4. The highest BCUT2D eigenvalue weighted by Gasteiger charge is 2.15. The zero-order valence-corrected chi connectivity index (χ0v) is 14.0. The Labute approximate surface area is 162 Å². The first-order valence-electron chi connectivity index (χ1n) is 10.6. The molecular weight excluding hydrogens is 356 g/mol. The van der Waals surface area contributed by atoms with Crippen molar-refractivity contribution in [3.05, 3.63) is 97.3 Å². The molecule has 0 saturated carbocycles. The molecule has 1 aromatic heterocycles. The average Bonchev–Trinajstić information content (AvgIpc) is 3.05. The highest BCUT2D eigenvalue weighted by molar-refractivity contribution is 7.04. The number of hydrogen-bond donors (Lipinski definition) is 0. The van der Waals surface area contributed by atoms with E-state index in [2.05, 4.69) is 0 Å². The molecule has 1 heterocycles. The van der Waals surface area contributed by atoms with Gasteiger partial charge in [-0.3, -0.25) is 4.79 Å². The van der Waals surface area contributed by atoms with Crippen LogP contribution in [0.1, 0.15) is 15.2 Å². The van der Waals surface area contributed by atoms with Gasteiger partial charge in [-0.1, -0.05) is 66.1 Å². The van der Waals surface area contributed by atoms with Crippen LogP contribution in [0.15, 0.2) is 76.2 Å². The number of nitrogens with zero attached hydrogens (tertiary/aromatic N) is 2. The van der Waals surface area contributed by atoms with E-state index in [0.29, 0.717) is 33.0 Å². The van der Waals surface area contributed by atoms with Crippen LogP contribution < -0.4 is 10.6 Å². The molecule has 0 bridgehead atoms. The second kappa shape index (κ2) is 6.35. The molecule has 0 aliphatic heterocycles. The molecule has 4 nitrogen and oxygen atoms in total. The summed E-state index contributed by atoms with van der Waals surface area (Å²) in [6.07, 6.45) is 0. The third kappa shape index (κ3) is 2.81. The molecule has 0 unspecified atom stereocenters. The molecule has 0 spiro atoms. The highest BCUT2D eigenvalue weighted by Crippen LogP contribution is 2.28. The minimum absolute atomic E-state index is 0.259. The number of halogens is 1. The SMILES string of the molecule is [2H]c1c([2H])c([2H])c(C([2H])([2H])n2c(=O)sn(-c3ccc(Cl)c4ccccc34)c2=O)c([2H])c1[2H]. The lowest BCUT2D eigenvalue weighted by Gasteiger charge is -2.07. The third-order valence-electron chi connectivity index (χ3n) is 3.51. The molecule has 0 fully saturated rings. The fraction of sp³-hybridized carbons (Fsp3) is 0.0526. The topological polar surface area (TPSA) is 44.0 Å². The molecule has 25 heavy (non-hydrogen) atoms. The molecule has 0 amide bonds. The van der Waals surface area contributed by atoms with E-state index in [9.17, 15) is 9.59 Å². The summed E-state index contributed by atoms with van der Waals surface area (Å²) in [6.45, 7) is -3.01. The van der Waals surface area contributed by atoms with E-state index < -0.39 is 52.8 Å². The van der Waals surface area contributed by atoms with Crippen molar-refractivity contribution in [1.29, 1.82) is 0 Å². The van der Waals surface area contributed by atoms with E-state index in [1.807, 2.05) is 0 Å². The Kier molecular flexibility index (Phi) is 2.48. The summed E-state index contributed by atoms with van der Waals surface area (Å²) in [5.41, 5.74) is -1.55. The number of benzene rings is 3. The molecular formula is C19H13ClN2O2S. The predicted octanol–water partition coefficient (Wildman–Crippen LogP) is 3.92. The Hall–Kier alpha value is -2.63. The van der Waals surface area contributed by atoms with Gasteiger partial charge in [0.15, 0.2) is 0 Å². The maximum Gasteiger partial charge on any atom is 0.346 e. The second-order valence-electron chi connectivity index (χ2n) is 4.99. The minimum Gasteiger partial charge on any atom is -0.255 e. The van der Waals surface area contributed by atoms with Crippen LogP contribution in [-0.4, -0.2) is 8.52 Å². The zero-order valence-electron chi connectivity index (χ0n) is 19.5. The molecule has 0 aliphatic carbocycles. The Bertz CT molecular complexity index is 1500. The summed E-state index contributed by atoms with van der Waals surface area (Å²) in [7, 11) is 0. The van der Waals surface area contributed by atoms with Crippen molar-refractivity contribution in [2.45, 2.75) is 6.50 Å². The van der Waals surface area contributed by atoms with Gasteiger partial charge in [-0.15, -0.1) is 0 Å². The van der Waals surface area contributed by atoms with Gasteiger partial charge >= 0.3 is 10.6 Å². The van der Waals surface area contributed by atoms with Crippen LogP contribution >= 0.6 is 23.1 Å².